The van der Waals surface area contributed by atoms with Gasteiger partial charge >= 0.3 is 6.18 Å². The Morgan fingerprint density at radius 2 is 1.80 bits per heavy atom. The minimum absolute atomic E-state index is 0.0102. The lowest BCUT2D eigenvalue weighted by Crippen LogP contribution is -2.09. The predicted octanol–water partition coefficient (Wildman–Crippen LogP) is 4.57. The van der Waals surface area contributed by atoms with Crippen molar-refractivity contribution in [3.8, 4) is 11.3 Å². The van der Waals surface area contributed by atoms with Crippen molar-refractivity contribution in [1.82, 2.24) is 4.98 Å². The Morgan fingerprint density at radius 1 is 1.10 bits per heavy atom. The number of halogens is 5. The van der Waals surface area contributed by atoms with E-state index in [1.165, 1.54) is 24.3 Å². The molecule has 0 amide bonds. The lowest BCUT2D eigenvalue weighted by atomic mass is 10.1. The van der Waals surface area contributed by atoms with Crippen LogP contribution in [0.2, 0.25) is 10.0 Å². The van der Waals surface area contributed by atoms with Crippen LogP contribution >= 0.6 is 23.2 Å². The summed E-state index contributed by atoms with van der Waals surface area (Å²) in [6, 6.07) is 6.36. The fourth-order valence-electron chi connectivity index (χ4n) is 1.69. The highest BCUT2D eigenvalue weighted by atomic mass is 35.5. The molecule has 1 heterocycles. The molecule has 2 rings (SSSR count). The first-order valence-corrected chi connectivity index (χ1v) is 6.22. The summed E-state index contributed by atoms with van der Waals surface area (Å²) in [5, 5.41) is 9.75. The number of alkyl halides is 3. The molecule has 1 aromatic heterocycles. The number of benzene rings is 1. The molecule has 0 aliphatic heterocycles. The molecule has 0 atom stereocenters. The first-order valence-electron chi connectivity index (χ1n) is 5.46. The third kappa shape index (κ3) is 3.06. The number of pyridine rings is 1. The summed E-state index contributed by atoms with van der Waals surface area (Å²) in [6.45, 7) is -0.445. The van der Waals surface area contributed by atoms with Gasteiger partial charge in [-0.25, -0.2) is 4.98 Å². The minimum atomic E-state index is -4.57. The Bertz CT molecular complexity index is 644. The first-order chi connectivity index (χ1) is 9.32. The van der Waals surface area contributed by atoms with Gasteiger partial charge < -0.3 is 5.11 Å². The average Bonchev–Trinajstić information content (AvgIpc) is 2.37. The van der Waals surface area contributed by atoms with E-state index in [2.05, 4.69) is 4.98 Å². The summed E-state index contributed by atoms with van der Waals surface area (Å²) in [6.07, 6.45) is -4.57. The van der Waals surface area contributed by atoms with E-state index >= 15 is 0 Å². The van der Waals surface area contributed by atoms with Crippen LogP contribution in [0.1, 0.15) is 11.3 Å². The molecule has 20 heavy (non-hydrogen) atoms. The van der Waals surface area contributed by atoms with Crippen LogP contribution < -0.4 is 0 Å². The molecule has 1 N–H and O–H groups in total. The molecule has 0 bridgehead atoms. The number of aliphatic hydroxyl groups is 1. The van der Waals surface area contributed by atoms with E-state index in [0.717, 1.165) is 6.07 Å². The van der Waals surface area contributed by atoms with Gasteiger partial charge in [-0.3, -0.25) is 0 Å². The topological polar surface area (TPSA) is 33.1 Å². The number of hydrogen-bond acceptors (Lipinski definition) is 2. The van der Waals surface area contributed by atoms with Crippen LogP contribution in [0.5, 0.6) is 0 Å². The Kier molecular flexibility index (Phi) is 4.22. The van der Waals surface area contributed by atoms with Gasteiger partial charge in [-0.15, -0.1) is 0 Å². The molecule has 7 heteroatoms. The van der Waals surface area contributed by atoms with Crippen molar-refractivity contribution in [3.63, 3.8) is 0 Å². The van der Waals surface area contributed by atoms with Crippen molar-refractivity contribution in [1.29, 1.82) is 0 Å². The van der Waals surface area contributed by atoms with Gasteiger partial charge in [-0.2, -0.15) is 13.2 Å². The van der Waals surface area contributed by atoms with Crippen molar-refractivity contribution < 1.29 is 18.3 Å². The highest BCUT2D eigenvalue weighted by Crippen LogP contribution is 2.34. The first kappa shape index (κ1) is 15.1. The van der Waals surface area contributed by atoms with Gasteiger partial charge in [-0.1, -0.05) is 29.3 Å². The largest absolute Gasteiger partial charge is 0.433 e. The summed E-state index contributed by atoms with van der Waals surface area (Å²) in [5.74, 6) is 0. The SMILES string of the molecule is OCc1ccc(C(F)(F)F)nc1-c1ccc(Cl)cc1Cl. The zero-order valence-electron chi connectivity index (χ0n) is 9.88. The standard InChI is InChI=1S/C13H8Cl2F3NO/c14-8-2-3-9(10(15)5-8)12-7(6-20)1-4-11(19-12)13(16,17)18/h1-5,20H,6H2. The maximum absolute atomic E-state index is 12.7. The molecule has 106 valence electrons. The number of aliphatic hydroxyl groups excluding tert-OH is 1. The van der Waals surface area contributed by atoms with Crippen LogP contribution in [0, 0.1) is 0 Å². The third-order valence-electron chi connectivity index (χ3n) is 2.63. The van der Waals surface area contributed by atoms with Gasteiger partial charge in [0.2, 0.25) is 0 Å². The van der Waals surface area contributed by atoms with Crippen molar-refractivity contribution >= 4 is 23.2 Å². The third-order valence-corrected chi connectivity index (χ3v) is 3.17. The van der Waals surface area contributed by atoms with Crippen molar-refractivity contribution in [3.05, 3.63) is 51.6 Å². The van der Waals surface area contributed by atoms with E-state index in [1.807, 2.05) is 0 Å². The Labute approximate surface area is 122 Å². The van der Waals surface area contributed by atoms with Gasteiger partial charge in [0.15, 0.2) is 0 Å². The Hall–Kier alpha value is -1.30. The second-order valence-corrected chi connectivity index (χ2v) is 4.83. The van der Waals surface area contributed by atoms with E-state index in [4.69, 9.17) is 23.2 Å². The van der Waals surface area contributed by atoms with E-state index < -0.39 is 18.5 Å². The highest BCUT2D eigenvalue weighted by molar-refractivity contribution is 6.36. The normalized spacial score (nSPS) is 11.7. The monoisotopic (exact) mass is 321 g/mol. The molecule has 0 fully saturated rings. The Balaban J connectivity index is 2.64. The molecule has 0 aliphatic rings. The predicted molar refractivity (Wildman–Crippen MR) is 70.6 cm³/mol. The molecule has 2 aromatic rings. The molecular formula is C13H8Cl2F3NO. The second kappa shape index (κ2) is 5.60. The molecule has 0 aliphatic carbocycles. The van der Waals surface area contributed by atoms with Crippen molar-refractivity contribution in [2.45, 2.75) is 12.8 Å². The number of rotatable bonds is 2. The van der Waals surface area contributed by atoms with Gasteiger partial charge in [0.05, 0.1) is 17.3 Å². The van der Waals surface area contributed by atoms with Crippen LogP contribution in [-0.2, 0) is 12.8 Å². The lowest BCUT2D eigenvalue weighted by Gasteiger charge is -2.12. The Morgan fingerprint density at radius 3 is 2.35 bits per heavy atom. The fraction of sp³-hybridized carbons (Fsp3) is 0.154. The molecule has 1 aromatic carbocycles. The van der Waals surface area contributed by atoms with E-state index in [1.54, 1.807) is 0 Å². The van der Waals surface area contributed by atoms with Gasteiger partial charge in [0, 0.05) is 16.1 Å². The van der Waals surface area contributed by atoms with Crippen LogP contribution in [0.15, 0.2) is 30.3 Å². The second-order valence-electron chi connectivity index (χ2n) is 3.98. The lowest BCUT2D eigenvalue weighted by molar-refractivity contribution is -0.141. The van der Waals surface area contributed by atoms with Crippen LogP contribution in [-0.4, -0.2) is 10.1 Å². The minimum Gasteiger partial charge on any atom is -0.392 e. The van der Waals surface area contributed by atoms with Crippen molar-refractivity contribution in [2.75, 3.05) is 0 Å². The number of hydrogen-bond donors (Lipinski definition) is 1. The van der Waals surface area contributed by atoms with Crippen molar-refractivity contribution in [2.24, 2.45) is 0 Å². The molecule has 0 radical (unpaired) electrons. The molecule has 2 nitrogen and oxygen atoms in total. The quantitative estimate of drug-likeness (QED) is 0.879. The van der Waals surface area contributed by atoms with Crippen LogP contribution in [0.3, 0.4) is 0 Å². The summed E-state index contributed by atoms with van der Waals surface area (Å²) in [5.41, 5.74) is -0.520. The van der Waals surface area contributed by atoms with E-state index in [9.17, 15) is 18.3 Å². The fourth-order valence-corrected chi connectivity index (χ4v) is 2.19. The molecular weight excluding hydrogens is 314 g/mol. The summed E-state index contributed by atoms with van der Waals surface area (Å²) < 4.78 is 38.1. The summed E-state index contributed by atoms with van der Waals surface area (Å²) in [7, 11) is 0. The molecule has 0 unspecified atom stereocenters. The number of aromatic nitrogens is 1. The zero-order valence-corrected chi connectivity index (χ0v) is 11.4. The van der Waals surface area contributed by atoms with Crippen LogP contribution in [0.25, 0.3) is 11.3 Å². The molecule has 0 saturated heterocycles. The molecule has 0 saturated carbocycles. The van der Waals surface area contributed by atoms with Gasteiger partial charge in [0.1, 0.15) is 5.69 Å². The average molecular weight is 322 g/mol. The maximum atomic E-state index is 12.7. The summed E-state index contributed by atoms with van der Waals surface area (Å²) >= 11 is 11.7. The summed E-state index contributed by atoms with van der Waals surface area (Å²) in [4.78, 5) is 3.56. The van der Waals surface area contributed by atoms with Gasteiger partial charge in [-0.05, 0) is 24.3 Å². The van der Waals surface area contributed by atoms with E-state index in [-0.39, 0.29) is 21.8 Å². The van der Waals surface area contributed by atoms with E-state index in [0.29, 0.717) is 5.02 Å². The van der Waals surface area contributed by atoms with Gasteiger partial charge in [0.25, 0.3) is 0 Å². The highest BCUT2D eigenvalue weighted by Gasteiger charge is 2.33. The zero-order chi connectivity index (χ0) is 14.9. The smallest absolute Gasteiger partial charge is 0.392 e. The molecule has 0 spiro atoms. The van der Waals surface area contributed by atoms with Crippen LogP contribution in [0.4, 0.5) is 13.2 Å². The number of nitrogens with zero attached hydrogens (tertiary/aromatic N) is 1. The maximum Gasteiger partial charge on any atom is 0.433 e.